The van der Waals surface area contributed by atoms with E-state index in [2.05, 4.69) is 25.9 Å². The average molecular weight is 651 g/mol. The number of guanidine groups is 1. The number of morpholine rings is 1. The van der Waals surface area contributed by atoms with E-state index >= 15 is 0 Å². The number of halogens is 1. The van der Waals surface area contributed by atoms with Crippen molar-refractivity contribution in [3.8, 4) is 0 Å². The molecule has 4 rings (SSSR count). The number of amides is 4. The molecule has 3 heterocycles. The lowest BCUT2D eigenvalue weighted by molar-refractivity contribution is -0.140. The lowest BCUT2D eigenvalue weighted by atomic mass is 9.98. The van der Waals surface area contributed by atoms with Gasteiger partial charge >= 0.3 is 0 Å². The maximum atomic E-state index is 13.9. The number of aromatic nitrogens is 2. The largest absolute Gasteiger partial charge is 0.373 e. The molecule has 0 radical (unpaired) electrons. The van der Waals surface area contributed by atoms with Crippen molar-refractivity contribution < 1.29 is 23.9 Å². The maximum Gasteiger partial charge on any atom is 0.271 e. The topological polar surface area (TPSA) is 199 Å². The predicted octanol–water partition coefficient (Wildman–Crippen LogP) is -0.675. The van der Waals surface area contributed by atoms with Gasteiger partial charge in [0.2, 0.25) is 17.7 Å². The van der Waals surface area contributed by atoms with Crippen molar-refractivity contribution in [1.29, 1.82) is 5.41 Å². The number of ether oxygens (including phenoxy) is 1. The molecule has 3 fully saturated rings. The summed E-state index contributed by atoms with van der Waals surface area (Å²) in [6, 6.07) is -1.08. The summed E-state index contributed by atoms with van der Waals surface area (Å²) < 4.78 is 5.77. The fourth-order valence-electron chi connectivity index (χ4n) is 5.88. The molecule has 0 spiro atoms. The minimum atomic E-state index is -1.06. The third-order valence-electron chi connectivity index (χ3n) is 8.04. The molecule has 6 N–H and O–H groups in total. The van der Waals surface area contributed by atoms with Gasteiger partial charge in [0.1, 0.15) is 11.7 Å². The first kappa shape index (κ1) is 35.9. The SMILES string of the molecule is CC1CN(CC(=O)N[C@@H](CC(=O)NC[C@@H]2CCCN(C(=N)N)C2)C(=O)N(CCNC(=O)c2cnccn2)C2CC2)CC(C)O1.Cl. The van der Waals surface area contributed by atoms with Gasteiger partial charge in [-0.1, -0.05) is 0 Å². The molecule has 4 amide bonds. The van der Waals surface area contributed by atoms with Crippen LogP contribution >= 0.6 is 12.4 Å². The fourth-order valence-corrected chi connectivity index (χ4v) is 5.88. The van der Waals surface area contributed by atoms with Gasteiger partial charge in [0.15, 0.2) is 5.96 Å². The molecule has 2 saturated heterocycles. The predicted molar refractivity (Wildman–Crippen MR) is 169 cm³/mol. The van der Waals surface area contributed by atoms with Gasteiger partial charge in [-0.05, 0) is 45.4 Å². The molecule has 1 aliphatic carbocycles. The van der Waals surface area contributed by atoms with Crippen LogP contribution < -0.4 is 21.7 Å². The highest BCUT2D eigenvalue weighted by Gasteiger charge is 2.37. The number of hydrogen-bond acceptors (Lipinski definition) is 9. The molecule has 16 heteroatoms. The zero-order valence-corrected chi connectivity index (χ0v) is 26.9. The van der Waals surface area contributed by atoms with Gasteiger partial charge in [0, 0.05) is 64.2 Å². The van der Waals surface area contributed by atoms with Gasteiger partial charge in [-0.15, -0.1) is 12.4 Å². The molecular formula is C29H47ClN10O5. The first-order valence-electron chi connectivity index (χ1n) is 15.5. The molecule has 45 heavy (non-hydrogen) atoms. The van der Waals surface area contributed by atoms with E-state index in [0.29, 0.717) is 26.2 Å². The van der Waals surface area contributed by atoms with E-state index in [4.69, 9.17) is 15.9 Å². The molecule has 1 aromatic heterocycles. The van der Waals surface area contributed by atoms with Crippen LogP contribution in [0.4, 0.5) is 0 Å². The van der Waals surface area contributed by atoms with E-state index in [1.807, 2.05) is 18.7 Å². The Morgan fingerprint density at radius 2 is 1.82 bits per heavy atom. The van der Waals surface area contributed by atoms with Crippen LogP contribution in [0.3, 0.4) is 0 Å². The van der Waals surface area contributed by atoms with Gasteiger partial charge < -0.3 is 36.2 Å². The second-order valence-corrected chi connectivity index (χ2v) is 12.0. The highest BCUT2D eigenvalue weighted by Crippen LogP contribution is 2.27. The number of rotatable bonds is 13. The fraction of sp³-hybridized carbons (Fsp3) is 0.690. The minimum Gasteiger partial charge on any atom is -0.373 e. The quantitative estimate of drug-likeness (QED) is 0.135. The molecule has 1 saturated carbocycles. The summed E-state index contributed by atoms with van der Waals surface area (Å²) in [6.45, 7) is 7.29. The third kappa shape index (κ3) is 11.4. The van der Waals surface area contributed by atoms with E-state index in [-0.39, 0.29) is 92.0 Å². The number of carbonyl (C=O) groups excluding carboxylic acids is 4. The Balaban J connectivity index is 0.00000552. The molecule has 2 unspecified atom stereocenters. The van der Waals surface area contributed by atoms with Crippen LogP contribution in [0.2, 0.25) is 0 Å². The smallest absolute Gasteiger partial charge is 0.271 e. The maximum absolute atomic E-state index is 13.9. The normalized spacial score (nSPS) is 22.4. The van der Waals surface area contributed by atoms with Crippen LogP contribution in [0.25, 0.3) is 0 Å². The standard InChI is InChI=1S/C29H46N10O5.ClH/c1-19-15-37(16-20(2)44-19)18-26(41)36-23(12-25(40)35-13-21-4-3-10-38(17-21)29(30)31)28(43)39(22-5-6-22)11-9-34-27(42)24-14-32-7-8-33-24;/h7-8,14,19-23H,3-6,9-13,15-18H2,1-2H3,(H3,30,31)(H,34,42)(H,35,40)(H,36,41);1H/t19?,20?,21-,23-;/m0./s1. The van der Waals surface area contributed by atoms with Gasteiger partial charge in [-0.25, -0.2) is 4.98 Å². The lowest BCUT2D eigenvalue weighted by Crippen LogP contribution is -2.55. The first-order chi connectivity index (χ1) is 21.1. The van der Waals surface area contributed by atoms with Crippen molar-refractivity contribution in [3.63, 3.8) is 0 Å². The lowest BCUT2D eigenvalue weighted by Gasteiger charge is -2.35. The number of likely N-dealkylation sites (tertiary alicyclic amines) is 1. The molecule has 1 aromatic rings. The van der Waals surface area contributed by atoms with E-state index in [1.165, 1.54) is 18.6 Å². The van der Waals surface area contributed by atoms with Crippen molar-refractivity contribution in [1.82, 2.24) is 40.6 Å². The molecule has 4 atom stereocenters. The van der Waals surface area contributed by atoms with Crippen LogP contribution in [0.1, 0.15) is 56.4 Å². The van der Waals surface area contributed by atoms with Gasteiger partial charge in [0.05, 0.1) is 31.4 Å². The van der Waals surface area contributed by atoms with E-state index in [9.17, 15) is 19.2 Å². The third-order valence-corrected chi connectivity index (χ3v) is 8.04. The van der Waals surface area contributed by atoms with Crippen molar-refractivity contribution >= 4 is 42.0 Å². The number of piperidine rings is 1. The highest BCUT2D eigenvalue weighted by atomic mass is 35.5. The minimum absolute atomic E-state index is 0. The van der Waals surface area contributed by atoms with Gasteiger partial charge in [-0.2, -0.15) is 0 Å². The summed E-state index contributed by atoms with van der Waals surface area (Å²) in [5.41, 5.74) is 5.83. The zero-order valence-electron chi connectivity index (χ0n) is 26.1. The van der Waals surface area contributed by atoms with Crippen LogP contribution in [0.15, 0.2) is 18.6 Å². The first-order valence-corrected chi connectivity index (χ1v) is 15.5. The number of nitrogens with zero attached hydrogens (tertiary/aromatic N) is 5. The molecule has 250 valence electrons. The summed E-state index contributed by atoms with van der Waals surface area (Å²) in [7, 11) is 0. The molecule has 3 aliphatic rings. The second kappa shape index (κ2) is 17.2. The van der Waals surface area contributed by atoms with Crippen LogP contribution in [0.5, 0.6) is 0 Å². The Morgan fingerprint density at radius 1 is 1.09 bits per heavy atom. The highest BCUT2D eigenvalue weighted by molar-refractivity contribution is 5.93. The number of hydrogen-bond donors (Lipinski definition) is 5. The molecule has 0 aromatic carbocycles. The van der Waals surface area contributed by atoms with E-state index in [1.54, 1.807) is 9.80 Å². The Morgan fingerprint density at radius 3 is 2.47 bits per heavy atom. The summed E-state index contributed by atoms with van der Waals surface area (Å²) in [4.78, 5) is 66.0. The average Bonchev–Trinajstić information content (AvgIpc) is 3.83. The summed E-state index contributed by atoms with van der Waals surface area (Å²) in [5.74, 6) is -1.28. The Labute approximate surface area is 270 Å². The number of nitrogens with two attached hydrogens (primary N) is 1. The van der Waals surface area contributed by atoms with Crippen molar-refractivity contribution in [2.45, 2.75) is 70.2 Å². The van der Waals surface area contributed by atoms with Gasteiger partial charge in [-0.3, -0.25) is 34.5 Å². The molecule has 2 aliphatic heterocycles. The zero-order chi connectivity index (χ0) is 31.6. The van der Waals surface area contributed by atoms with Crippen LogP contribution in [-0.2, 0) is 19.1 Å². The van der Waals surface area contributed by atoms with E-state index < -0.39 is 11.9 Å². The van der Waals surface area contributed by atoms with Crippen LogP contribution in [0, 0.1) is 11.3 Å². The summed E-state index contributed by atoms with van der Waals surface area (Å²) in [6.07, 6.45) is 7.43. The Hall–Kier alpha value is -3.56. The number of carbonyl (C=O) groups is 4. The van der Waals surface area contributed by atoms with E-state index in [0.717, 1.165) is 32.2 Å². The van der Waals surface area contributed by atoms with Gasteiger partial charge in [0.25, 0.3) is 5.91 Å². The van der Waals surface area contributed by atoms with Crippen molar-refractivity contribution in [3.05, 3.63) is 24.3 Å². The molecular weight excluding hydrogens is 604 g/mol. The number of nitrogens with one attached hydrogen (secondary N) is 4. The van der Waals surface area contributed by atoms with Crippen LogP contribution in [-0.4, -0.2) is 131 Å². The summed E-state index contributed by atoms with van der Waals surface area (Å²) in [5, 5.41) is 16.2. The Bertz CT molecular complexity index is 1160. The van der Waals surface area contributed by atoms with Crippen molar-refractivity contribution in [2.24, 2.45) is 11.7 Å². The second-order valence-electron chi connectivity index (χ2n) is 12.0. The monoisotopic (exact) mass is 650 g/mol. The molecule has 15 nitrogen and oxygen atoms in total. The molecule has 0 bridgehead atoms. The van der Waals surface area contributed by atoms with Crippen molar-refractivity contribution in [2.75, 3.05) is 52.4 Å². The summed E-state index contributed by atoms with van der Waals surface area (Å²) >= 11 is 0. The Kier molecular flexibility index (Phi) is 13.7.